The van der Waals surface area contributed by atoms with Crippen LogP contribution in [0.15, 0.2) is 52.1 Å². The van der Waals surface area contributed by atoms with Gasteiger partial charge in [-0.25, -0.2) is 0 Å². The quantitative estimate of drug-likeness (QED) is 0.642. The first-order valence-electron chi connectivity index (χ1n) is 9.25. The van der Waals surface area contributed by atoms with E-state index in [1.165, 1.54) is 4.57 Å². The highest BCUT2D eigenvalue weighted by Crippen LogP contribution is 2.19. The van der Waals surface area contributed by atoms with Gasteiger partial charge in [0, 0.05) is 12.1 Å². The first-order chi connectivity index (χ1) is 13.4. The second kappa shape index (κ2) is 8.12. The lowest BCUT2D eigenvalue weighted by Crippen LogP contribution is -2.36. The van der Waals surface area contributed by atoms with Crippen LogP contribution in [0.4, 0.5) is 0 Å². The second-order valence-corrected chi connectivity index (χ2v) is 6.43. The highest BCUT2D eigenvalue weighted by atomic mass is 16.5. The van der Waals surface area contributed by atoms with Crippen LogP contribution in [0.2, 0.25) is 0 Å². The fourth-order valence-corrected chi connectivity index (χ4v) is 3.12. The smallest absolute Gasteiger partial charge is 0.316 e. The normalized spacial score (nSPS) is 12.0. The predicted octanol–water partition coefficient (Wildman–Crippen LogP) is 2.60. The SMILES string of the molecule is CCOc1ccc(C(C)NC(=O)c2ccc3c(c2)[nH]c(=O)c(=O)n3CC)cc1. The van der Waals surface area contributed by atoms with E-state index in [4.69, 9.17) is 4.74 Å². The molecule has 1 amide bonds. The van der Waals surface area contributed by atoms with Gasteiger partial charge in [-0.05, 0) is 56.7 Å². The fraction of sp³-hybridized carbons (Fsp3) is 0.286. The molecule has 7 heteroatoms. The van der Waals surface area contributed by atoms with Crippen LogP contribution in [0, 0.1) is 0 Å². The van der Waals surface area contributed by atoms with Gasteiger partial charge in [0.2, 0.25) is 0 Å². The minimum Gasteiger partial charge on any atom is -0.494 e. The number of aryl methyl sites for hydroxylation is 1. The van der Waals surface area contributed by atoms with Gasteiger partial charge in [0.15, 0.2) is 0 Å². The van der Waals surface area contributed by atoms with E-state index in [9.17, 15) is 14.4 Å². The topological polar surface area (TPSA) is 93.2 Å². The number of amides is 1. The number of aromatic nitrogens is 2. The number of H-pyrrole nitrogens is 1. The number of benzene rings is 2. The lowest BCUT2D eigenvalue weighted by atomic mass is 10.1. The van der Waals surface area contributed by atoms with Gasteiger partial charge in [-0.15, -0.1) is 0 Å². The Bertz CT molecular complexity index is 1110. The predicted molar refractivity (Wildman–Crippen MR) is 108 cm³/mol. The maximum Gasteiger partial charge on any atom is 0.316 e. The fourth-order valence-electron chi connectivity index (χ4n) is 3.12. The summed E-state index contributed by atoms with van der Waals surface area (Å²) >= 11 is 0. The molecule has 28 heavy (non-hydrogen) atoms. The zero-order valence-electron chi connectivity index (χ0n) is 16.1. The van der Waals surface area contributed by atoms with Crippen LogP contribution in [-0.4, -0.2) is 22.1 Å². The summed E-state index contributed by atoms with van der Waals surface area (Å²) in [5, 5.41) is 2.94. The molecule has 1 unspecified atom stereocenters. The number of rotatable bonds is 6. The summed E-state index contributed by atoms with van der Waals surface area (Å²) in [6.07, 6.45) is 0. The summed E-state index contributed by atoms with van der Waals surface area (Å²) in [6, 6.07) is 12.3. The average Bonchev–Trinajstić information content (AvgIpc) is 2.69. The number of hydrogen-bond acceptors (Lipinski definition) is 4. The minimum absolute atomic E-state index is 0.206. The number of aromatic amines is 1. The lowest BCUT2D eigenvalue weighted by Gasteiger charge is -2.15. The largest absolute Gasteiger partial charge is 0.494 e. The number of carbonyl (C=O) groups is 1. The van der Waals surface area contributed by atoms with Crippen LogP contribution in [0.1, 0.15) is 42.7 Å². The minimum atomic E-state index is -0.699. The zero-order valence-corrected chi connectivity index (χ0v) is 16.1. The van der Waals surface area contributed by atoms with Gasteiger partial charge >= 0.3 is 11.1 Å². The maximum absolute atomic E-state index is 12.7. The summed E-state index contributed by atoms with van der Waals surface area (Å²) < 4.78 is 6.82. The van der Waals surface area contributed by atoms with Crippen molar-refractivity contribution >= 4 is 16.9 Å². The van der Waals surface area contributed by atoms with Crippen molar-refractivity contribution in [3.8, 4) is 5.75 Å². The number of nitrogens with one attached hydrogen (secondary N) is 2. The van der Waals surface area contributed by atoms with Crippen molar-refractivity contribution in [1.82, 2.24) is 14.9 Å². The van der Waals surface area contributed by atoms with Crippen LogP contribution in [0.25, 0.3) is 11.0 Å². The molecule has 0 aliphatic carbocycles. The van der Waals surface area contributed by atoms with E-state index >= 15 is 0 Å². The van der Waals surface area contributed by atoms with Crippen molar-refractivity contribution in [2.75, 3.05) is 6.61 Å². The Hall–Kier alpha value is -3.35. The Kier molecular flexibility index (Phi) is 5.63. The van der Waals surface area contributed by atoms with Gasteiger partial charge in [-0.2, -0.15) is 0 Å². The number of nitrogens with zero attached hydrogens (tertiary/aromatic N) is 1. The number of ether oxygens (including phenoxy) is 1. The molecule has 2 N–H and O–H groups in total. The third kappa shape index (κ3) is 3.83. The molecule has 2 aromatic carbocycles. The van der Waals surface area contributed by atoms with Crippen LogP contribution in [0.5, 0.6) is 5.75 Å². The number of carbonyl (C=O) groups excluding carboxylic acids is 1. The van der Waals surface area contributed by atoms with Gasteiger partial charge in [-0.3, -0.25) is 14.4 Å². The van der Waals surface area contributed by atoms with E-state index in [1.807, 2.05) is 38.1 Å². The Morgan fingerprint density at radius 3 is 2.50 bits per heavy atom. The molecule has 3 aromatic rings. The van der Waals surface area contributed by atoms with Crippen molar-refractivity contribution in [3.63, 3.8) is 0 Å². The molecule has 0 fully saturated rings. The van der Waals surface area contributed by atoms with Crippen molar-refractivity contribution in [3.05, 3.63) is 74.3 Å². The highest BCUT2D eigenvalue weighted by Gasteiger charge is 2.14. The Balaban J connectivity index is 1.84. The lowest BCUT2D eigenvalue weighted by molar-refractivity contribution is 0.0940. The molecular weight excluding hydrogens is 358 g/mol. The van der Waals surface area contributed by atoms with E-state index in [1.54, 1.807) is 25.1 Å². The number of fused-ring (bicyclic) bond motifs is 1. The van der Waals surface area contributed by atoms with Crippen molar-refractivity contribution < 1.29 is 9.53 Å². The Morgan fingerprint density at radius 2 is 1.86 bits per heavy atom. The molecule has 0 radical (unpaired) electrons. The van der Waals surface area contributed by atoms with Crippen molar-refractivity contribution in [2.45, 2.75) is 33.4 Å². The molecule has 146 valence electrons. The molecule has 7 nitrogen and oxygen atoms in total. The molecule has 0 saturated heterocycles. The van der Waals surface area contributed by atoms with Crippen LogP contribution in [0.3, 0.4) is 0 Å². The average molecular weight is 381 g/mol. The first kappa shape index (κ1) is 19.4. The van der Waals surface area contributed by atoms with Gasteiger partial charge in [-0.1, -0.05) is 12.1 Å². The molecule has 0 aliphatic heterocycles. The van der Waals surface area contributed by atoms with Crippen molar-refractivity contribution in [1.29, 1.82) is 0 Å². The summed E-state index contributed by atoms with van der Waals surface area (Å²) in [4.78, 5) is 39.0. The van der Waals surface area contributed by atoms with Gasteiger partial charge in [0.25, 0.3) is 5.91 Å². The molecule has 1 aromatic heterocycles. The van der Waals surface area contributed by atoms with E-state index < -0.39 is 11.1 Å². The Morgan fingerprint density at radius 1 is 1.14 bits per heavy atom. The van der Waals surface area contributed by atoms with Gasteiger partial charge < -0.3 is 19.6 Å². The van der Waals surface area contributed by atoms with Gasteiger partial charge in [0.1, 0.15) is 5.75 Å². The molecule has 1 heterocycles. The van der Waals surface area contributed by atoms with E-state index in [2.05, 4.69) is 10.3 Å². The molecule has 0 saturated carbocycles. The van der Waals surface area contributed by atoms with E-state index in [-0.39, 0.29) is 11.9 Å². The third-order valence-corrected chi connectivity index (χ3v) is 4.59. The monoisotopic (exact) mass is 381 g/mol. The second-order valence-electron chi connectivity index (χ2n) is 6.43. The number of hydrogen-bond donors (Lipinski definition) is 2. The molecule has 0 spiro atoms. The maximum atomic E-state index is 12.7. The van der Waals surface area contributed by atoms with Crippen LogP contribution < -0.4 is 21.2 Å². The summed E-state index contributed by atoms with van der Waals surface area (Å²) in [6.45, 7) is 6.58. The van der Waals surface area contributed by atoms with Gasteiger partial charge in [0.05, 0.1) is 23.7 Å². The summed E-state index contributed by atoms with van der Waals surface area (Å²) in [7, 11) is 0. The Labute approximate surface area is 162 Å². The molecule has 3 rings (SSSR count). The van der Waals surface area contributed by atoms with Crippen molar-refractivity contribution in [2.24, 2.45) is 0 Å². The highest BCUT2D eigenvalue weighted by molar-refractivity contribution is 5.97. The third-order valence-electron chi connectivity index (χ3n) is 4.59. The van der Waals surface area contributed by atoms with Crippen LogP contribution >= 0.6 is 0 Å². The zero-order chi connectivity index (χ0) is 20.3. The molecular formula is C21H23N3O4. The summed E-state index contributed by atoms with van der Waals surface area (Å²) in [5.41, 5.74) is 1.09. The first-order valence-corrected chi connectivity index (χ1v) is 9.25. The van der Waals surface area contributed by atoms with E-state index in [0.29, 0.717) is 29.7 Å². The van der Waals surface area contributed by atoms with Crippen LogP contribution in [-0.2, 0) is 6.54 Å². The molecule has 0 bridgehead atoms. The molecule has 0 aliphatic rings. The standard InChI is InChI=1S/C21H23N3O4/c1-4-24-18-11-8-15(12-17(18)23-20(26)21(24)27)19(25)22-13(3)14-6-9-16(10-7-14)28-5-2/h6-13H,4-5H2,1-3H3,(H,22,25)(H,23,26). The summed E-state index contributed by atoms with van der Waals surface area (Å²) in [5.74, 6) is 0.517. The van der Waals surface area contributed by atoms with E-state index in [0.717, 1.165) is 11.3 Å². The molecule has 1 atom stereocenters.